The Bertz CT molecular complexity index is 1340. The Morgan fingerprint density at radius 3 is 2.13 bits per heavy atom. The molecule has 7 heteroatoms. The first-order valence-corrected chi connectivity index (χ1v) is 13.8. The monoisotopic (exact) mass is 573 g/mol. The molecule has 5 rings (SSSR count). The van der Waals surface area contributed by atoms with Crippen molar-refractivity contribution in [3.63, 3.8) is 0 Å². The molecule has 3 aromatic carbocycles. The van der Waals surface area contributed by atoms with Gasteiger partial charge in [-0.25, -0.2) is 4.79 Å². The number of halogens is 1. The van der Waals surface area contributed by atoms with E-state index in [0.29, 0.717) is 0 Å². The quantitative estimate of drug-likeness (QED) is 0.314. The molecule has 1 aliphatic carbocycles. The number of fused-ring (bicyclic) bond motifs is 3. The predicted octanol–water partition coefficient (Wildman–Crippen LogP) is 7.31. The molecule has 1 fully saturated rings. The minimum Gasteiger partial charge on any atom is -0.449 e. The van der Waals surface area contributed by atoms with Gasteiger partial charge in [0.05, 0.1) is 11.2 Å². The summed E-state index contributed by atoms with van der Waals surface area (Å²) < 4.78 is 19.4. The number of benzene rings is 3. The number of ether oxygens (including phenoxy) is 1. The van der Waals surface area contributed by atoms with E-state index in [1.54, 1.807) is 0 Å². The van der Waals surface area contributed by atoms with Crippen LogP contribution in [-0.2, 0) is 14.0 Å². The third-order valence-electron chi connectivity index (χ3n) is 7.88. The second-order valence-electron chi connectivity index (χ2n) is 11.0. The van der Waals surface area contributed by atoms with Crippen molar-refractivity contribution in [1.29, 1.82) is 0 Å². The van der Waals surface area contributed by atoms with Crippen LogP contribution in [0.1, 0.15) is 55.9 Å². The van der Waals surface area contributed by atoms with E-state index in [-0.39, 0.29) is 19.1 Å². The number of aryl methyl sites for hydroxylation is 1. The van der Waals surface area contributed by atoms with Crippen LogP contribution in [0.3, 0.4) is 0 Å². The molecule has 0 atom stereocenters. The largest absolute Gasteiger partial charge is 0.492 e. The Hall–Kier alpha value is -2.87. The molecule has 0 spiro atoms. The zero-order chi connectivity index (χ0) is 27.1. The normalized spacial score (nSPS) is 17.7. The van der Waals surface area contributed by atoms with Crippen molar-refractivity contribution in [2.75, 3.05) is 13.2 Å². The van der Waals surface area contributed by atoms with Gasteiger partial charge in [-0.1, -0.05) is 82.7 Å². The fourth-order valence-corrected chi connectivity index (χ4v) is 5.33. The van der Waals surface area contributed by atoms with E-state index in [1.807, 2.05) is 77.1 Å². The molecule has 0 saturated carbocycles. The lowest BCUT2D eigenvalue weighted by Crippen LogP contribution is -2.41. The first-order chi connectivity index (χ1) is 18.1. The van der Waals surface area contributed by atoms with E-state index >= 15 is 0 Å². The lowest BCUT2D eigenvalue weighted by Gasteiger charge is -2.32. The van der Waals surface area contributed by atoms with Crippen molar-refractivity contribution < 1.29 is 18.8 Å². The highest BCUT2D eigenvalue weighted by Gasteiger charge is 2.52. The van der Waals surface area contributed by atoms with Gasteiger partial charge in [0.15, 0.2) is 0 Å². The van der Waals surface area contributed by atoms with Crippen molar-refractivity contribution in [3.05, 3.63) is 98.9 Å². The fraction of sp³-hybridized carbons (Fsp3) is 0.323. The van der Waals surface area contributed by atoms with Gasteiger partial charge in [0.25, 0.3) is 0 Å². The molecule has 0 unspecified atom stereocenters. The second-order valence-corrected chi connectivity index (χ2v) is 11.8. The zero-order valence-electron chi connectivity index (χ0n) is 22.5. The highest BCUT2D eigenvalue weighted by molar-refractivity contribution is 9.10. The van der Waals surface area contributed by atoms with E-state index in [1.165, 1.54) is 22.3 Å². The van der Waals surface area contributed by atoms with Crippen molar-refractivity contribution in [2.24, 2.45) is 0 Å². The van der Waals surface area contributed by atoms with Crippen LogP contribution in [0, 0.1) is 6.92 Å². The first-order valence-electron chi connectivity index (χ1n) is 13.0. The van der Waals surface area contributed by atoms with Crippen LogP contribution in [0.5, 0.6) is 0 Å². The Labute approximate surface area is 233 Å². The van der Waals surface area contributed by atoms with Crippen LogP contribution < -0.4 is 5.32 Å². The maximum absolute atomic E-state index is 12.9. The molecule has 38 heavy (non-hydrogen) atoms. The average molecular weight is 574 g/mol. The molecule has 1 amide bonds. The van der Waals surface area contributed by atoms with Crippen LogP contribution in [0.25, 0.3) is 17.2 Å². The minimum absolute atomic E-state index is 0.0103. The summed E-state index contributed by atoms with van der Waals surface area (Å²) in [5.74, 6) is 0.0103. The number of nitrogens with one attached hydrogen (secondary N) is 1. The molecule has 0 radical (unpaired) electrons. The predicted molar refractivity (Wildman–Crippen MR) is 156 cm³/mol. The maximum Gasteiger partial charge on any atom is 0.492 e. The van der Waals surface area contributed by atoms with Crippen LogP contribution >= 0.6 is 15.9 Å². The van der Waals surface area contributed by atoms with Crippen molar-refractivity contribution in [2.45, 2.75) is 51.7 Å². The second kappa shape index (κ2) is 10.4. The van der Waals surface area contributed by atoms with Crippen LogP contribution in [0.2, 0.25) is 0 Å². The van der Waals surface area contributed by atoms with Gasteiger partial charge >= 0.3 is 13.2 Å². The van der Waals surface area contributed by atoms with E-state index < -0.39 is 24.4 Å². The third kappa shape index (κ3) is 5.20. The molecule has 5 nitrogen and oxygen atoms in total. The number of carbonyl (C=O) groups is 1. The summed E-state index contributed by atoms with van der Waals surface area (Å²) in [6.07, 6.45) is 1.54. The number of alkyl carbamates (subject to hydrolysis) is 1. The molecular weight excluding hydrogens is 541 g/mol. The standard InChI is InChI=1S/C31H33BBrNO4/c1-20-14-15-21(17-28(20)33)16-22(32-37-30(2,3)31(4,5)38-32)18-34-29(35)36-19-27-25-12-8-6-10-23(25)24-11-7-9-13-26(24)27/h6-17,27H,18-19H2,1-5H3,(H,34,35). The van der Waals surface area contributed by atoms with Gasteiger partial charge < -0.3 is 19.4 Å². The molecule has 1 N–H and O–H groups in total. The number of hydrogen-bond acceptors (Lipinski definition) is 4. The summed E-state index contributed by atoms with van der Waals surface area (Å²) in [7, 11) is -0.589. The molecule has 1 saturated heterocycles. The molecular formula is C31H33BBrNO4. The average Bonchev–Trinajstić information content (AvgIpc) is 3.31. The smallest absolute Gasteiger partial charge is 0.449 e. The number of rotatable bonds is 6. The molecule has 1 aliphatic heterocycles. The van der Waals surface area contributed by atoms with Crippen LogP contribution in [-0.4, -0.2) is 37.6 Å². The van der Waals surface area contributed by atoms with Gasteiger partial charge in [-0.3, -0.25) is 0 Å². The lowest BCUT2D eigenvalue weighted by molar-refractivity contribution is 0.00578. The Balaban J connectivity index is 1.30. The van der Waals surface area contributed by atoms with Gasteiger partial charge in [-0.15, -0.1) is 0 Å². The number of hydrogen-bond donors (Lipinski definition) is 1. The highest BCUT2D eigenvalue weighted by Crippen LogP contribution is 2.44. The van der Waals surface area contributed by atoms with E-state index in [4.69, 9.17) is 14.0 Å². The van der Waals surface area contributed by atoms with Crippen molar-refractivity contribution >= 4 is 35.2 Å². The minimum atomic E-state index is -0.589. The summed E-state index contributed by atoms with van der Waals surface area (Å²) in [4.78, 5) is 12.9. The van der Waals surface area contributed by atoms with Gasteiger partial charge in [0.2, 0.25) is 0 Å². The Morgan fingerprint density at radius 2 is 1.55 bits per heavy atom. The molecule has 0 bridgehead atoms. The van der Waals surface area contributed by atoms with Crippen LogP contribution in [0.15, 0.2) is 76.7 Å². The number of amides is 1. The summed E-state index contributed by atoms with van der Waals surface area (Å²) >= 11 is 3.61. The van der Waals surface area contributed by atoms with E-state index in [0.717, 1.165) is 21.1 Å². The van der Waals surface area contributed by atoms with Crippen molar-refractivity contribution in [3.8, 4) is 11.1 Å². The van der Waals surface area contributed by atoms with Gasteiger partial charge in [0.1, 0.15) is 6.61 Å². The molecule has 3 aromatic rings. The van der Waals surface area contributed by atoms with Gasteiger partial charge in [-0.05, 0) is 79.5 Å². The van der Waals surface area contributed by atoms with Crippen molar-refractivity contribution in [1.82, 2.24) is 5.32 Å². The molecule has 0 aromatic heterocycles. The lowest BCUT2D eigenvalue weighted by atomic mass is 9.77. The summed E-state index contributed by atoms with van der Waals surface area (Å²) in [5.41, 5.74) is 6.74. The SMILES string of the molecule is Cc1ccc(C=C(CNC(=O)OCC2c3ccccc3-c3ccccc32)B2OC(C)(C)C(C)(C)O2)cc1Br. The molecule has 2 aliphatic rings. The highest BCUT2D eigenvalue weighted by atomic mass is 79.9. The summed E-state index contributed by atoms with van der Waals surface area (Å²) in [6.45, 7) is 10.6. The number of carbonyl (C=O) groups excluding carboxylic acids is 1. The molecule has 196 valence electrons. The van der Waals surface area contributed by atoms with Gasteiger partial charge in [0, 0.05) is 16.9 Å². The Kier molecular flexibility index (Phi) is 7.29. The Morgan fingerprint density at radius 1 is 0.974 bits per heavy atom. The maximum atomic E-state index is 12.9. The summed E-state index contributed by atoms with van der Waals surface area (Å²) in [6, 6.07) is 22.8. The topological polar surface area (TPSA) is 56.8 Å². The van der Waals surface area contributed by atoms with Gasteiger partial charge in [-0.2, -0.15) is 0 Å². The molecule has 1 heterocycles. The first kappa shape index (κ1) is 26.7. The van der Waals surface area contributed by atoms with Crippen LogP contribution in [0.4, 0.5) is 4.79 Å². The fourth-order valence-electron chi connectivity index (χ4n) is 4.93. The van der Waals surface area contributed by atoms with E-state index in [9.17, 15) is 4.79 Å². The third-order valence-corrected chi connectivity index (χ3v) is 8.74. The van der Waals surface area contributed by atoms with E-state index in [2.05, 4.69) is 51.6 Å². The summed E-state index contributed by atoms with van der Waals surface area (Å²) in [5, 5.41) is 2.93. The zero-order valence-corrected chi connectivity index (χ0v) is 24.1.